The van der Waals surface area contributed by atoms with Crippen LogP contribution in [-0.4, -0.2) is 19.6 Å². The Morgan fingerprint density at radius 2 is 2.15 bits per heavy atom. The molecule has 0 aliphatic heterocycles. The van der Waals surface area contributed by atoms with Gasteiger partial charge in [0.2, 0.25) is 0 Å². The molecule has 3 atom stereocenters. The van der Waals surface area contributed by atoms with Crippen LogP contribution in [0.25, 0.3) is 0 Å². The lowest BCUT2D eigenvalue weighted by Gasteiger charge is -2.26. The highest BCUT2D eigenvalue weighted by atomic mass is 14.9. The van der Waals surface area contributed by atoms with Gasteiger partial charge in [-0.25, -0.2) is 0 Å². The van der Waals surface area contributed by atoms with E-state index in [4.69, 9.17) is 5.73 Å². The highest BCUT2D eigenvalue weighted by Crippen LogP contribution is 2.36. The van der Waals surface area contributed by atoms with Crippen molar-refractivity contribution in [3.63, 3.8) is 0 Å². The van der Waals surface area contributed by atoms with Crippen LogP contribution in [0.4, 0.5) is 0 Å². The van der Waals surface area contributed by atoms with Crippen LogP contribution in [0.2, 0.25) is 0 Å². The zero-order chi connectivity index (χ0) is 9.90. The minimum absolute atomic E-state index is 0.304. The third kappa shape index (κ3) is 3.28. The summed E-state index contributed by atoms with van der Waals surface area (Å²) in [6, 6.07) is 0. The van der Waals surface area contributed by atoms with Crippen molar-refractivity contribution in [2.24, 2.45) is 23.0 Å². The number of hydrogen-bond donors (Lipinski definition) is 2. The van der Waals surface area contributed by atoms with Gasteiger partial charge in [0, 0.05) is 6.54 Å². The van der Waals surface area contributed by atoms with Crippen LogP contribution in [0.3, 0.4) is 0 Å². The molecule has 3 unspecified atom stereocenters. The Labute approximate surface area is 82.3 Å². The Kier molecular flexibility index (Phi) is 3.74. The first kappa shape index (κ1) is 11.0. The zero-order valence-electron chi connectivity index (χ0n) is 9.27. The second kappa shape index (κ2) is 4.43. The largest absolute Gasteiger partial charge is 0.330 e. The molecular weight excluding hydrogens is 160 g/mol. The van der Waals surface area contributed by atoms with Crippen LogP contribution >= 0.6 is 0 Å². The average Bonchev–Trinajstić information content (AvgIpc) is 2.82. The van der Waals surface area contributed by atoms with E-state index in [1.807, 2.05) is 0 Å². The van der Waals surface area contributed by atoms with Crippen molar-refractivity contribution >= 4 is 0 Å². The van der Waals surface area contributed by atoms with E-state index in [1.54, 1.807) is 0 Å². The van der Waals surface area contributed by atoms with E-state index in [-0.39, 0.29) is 0 Å². The molecule has 1 rings (SSSR count). The van der Waals surface area contributed by atoms with Crippen molar-refractivity contribution in [3.8, 4) is 0 Å². The summed E-state index contributed by atoms with van der Waals surface area (Å²) in [4.78, 5) is 0. The summed E-state index contributed by atoms with van der Waals surface area (Å²) in [7, 11) is 0. The molecule has 0 amide bonds. The summed E-state index contributed by atoms with van der Waals surface area (Å²) in [5.74, 6) is 1.90. The zero-order valence-corrected chi connectivity index (χ0v) is 9.27. The molecule has 1 saturated carbocycles. The lowest BCUT2D eigenvalue weighted by molar-refractivity contribution is 0.301. The maximum absolute atomic E-state index is 5.74. The van der Waals surface area contributed by atoms with Gasteiger partial charge in [-0.2, -0.15) is 0 Å². The van der Waals surface area contributed by atoms with Gasteiger partial charge in [-0.3, -0.25) is 0 Å². The lowest BCUT2D eigenvalue weighted by atomic mass is 9.88. The molecule has 0 radical (unpaired) electrons. The maximum atomic E-state index is 5.74. The molecule has 0 aromatic carbocycles. The van der Waals surface area contributed by atoms with Gasteiger partial charge < -0.3 is 11.1 Å². The Morgan fingerprint density at radius 1 is 1.54 bits per heavy atom. The average molecular weight is 184 g/mol. The third-order valence-corrected chi connectivity index (χ3v) is 3.58. The van der Waals surface area contributed by atoms with Crippen LogP contribution in [0, 0.1) is 17.3 Å². The highest BCUT2D eigenvalue weighted by molar-refractivity contribution is 4.85. The highest BCUT2D eigenvalue weighted by Gasteiger charge is 2.32. The van der Waals surface area contributed by atoms with Gasteiger partial charge in [-0.15, -0.1) is 0 Å². The van der Waals surface area contributed by atoms with Crippen molar-refractivity contribution in [3.05, 3.63) is 0 Å². The molecule has 2 heteroatoms. The van der Waals surface area contributed by atoms with E-state index in [2.05, 4.69) is 26.1 Å². The molecule has 0 aromatic heterocycles. The van der Waals surface area contributed by atoms with Gasteiger partial charge in [0.1, 0.15) is 0 Å². The number of nitrogens with one attached hydrogen (secondary N) is 1. The van der Waals surface area contributed by atoms with Gasteiger partial charge in [0.05, 0.1) is 0 Å². The Morgan fingerprint density at radius 3 is 2.54 bits per heavy atom. The van der Waals surface area contributed by atoms with Crippen molar-refractivity contribution < 1.29 is 0 Å². The van der Waals surface area contributed by atoms with Crippen LogP contribution in [0.15, 0.2) is 0 Å². The predicted molar refractivity (Wildman–Crippen MR) is 57.6 cm³/mol. The predicted octanol–water partition coefficient (Wildman–Crippen LogP) is 1.61. The molecule has 0 spiro atoms. The van der Waals surface area contributed by atoms with Crippen molar-refractivity contribution in [1.29, 1.82) is 0 Å². The van der Waals surface area contributed by atoms with Crippen LogP contribution in [-0.2, 0) is 0 Å². The second-order valence-corrected chi connectivity index (χ2v) is 4.97. The normalized spacial score (nSPS) is 31.4. The summed E-state index contributed by atoms with van der Waals surface area (Å²) >= 11 is 0. The van der Waals surface area contributed by atoms with Crippen LogP contribution in [0.5, 0.6) is 0 Å². The Hall–Kier alpha value is -0.0800. The van der Waals surface area contributed by atoms with E-state index >= 15 is 0 Å². The second-order valence-electron chi connectivity index (χ2n) is 4.97. The fourth-order valence-electron chi connectivity index (χ4n) is 1.58. The van der Waals surface area contributed by atoms with Crippen LogP contribution < -0.4 is 11.1 Å². The van der Waals surface area contributed by atoms with Crippen molar-refractivity contribution in [2.45, 2.75) is 33.6 Å². The fraction of sp³-hybridized carbons (Fsp3) is 1.00. The molecule has 78 valence electrons. The van der Waals surface area contributed by atoms with Gasteiger partial charge in [0.15, 0.2) is 0 Å². The van der Waals surface area contributed by atoms with E-state index in [0.717, 1.165) is 31.3 Å². The molecule has 3 N–H and O–H groups in total. The summed E-state index contributed by atoms with van der Waals surface area (Å²) in [5.41, 5.74) is 6.04. The number of nitrogens with two attached hydrogens (primary N) is 1. The minimum Gasteiger partial charge on any atom is -0.330 e. The fourth-order valence-corrected chi connectivity index (χ4v) is 1.58. The van der Waals surface area contributed by atoms with Crippen molar-refractivity contribution in [2.75, 3.05) is 19.6 Å². The number of hydrogen-bond acceptors (Lipinski definition) is 2. The summed E-state index contributed by atoms with van der Waals surface area (Å²) in [5, 5.41) is 3.54. The topological polar surface area (TPSA) is 38.0 Å². The smallest absolute Gasteiger partial charge is 0.00173 e. The quantitative estimate of drug-likeness (QED) is 0.658. The molecule has 13 heavy (non-hydrogen) atoms. The first-order chi connectivity index (χ1) is 6.11. The van der Waals surface area contributed by atoms with Gasteiger partial charge >= 0.3 is 0 Å². The molecule has 0 heterocycles. The van der Waals surface area contributed by atoms with Gasteiger partial charge in [0.25, 0.3) is 0 Å². The molecule has 1 fully saturated rings. The van der Waals surface area contributed by atoms with Crippen LogP contribution in [0.1, 0.15) is 33.6 Å². The first-order valence-electron chi connectivity index (χ1n) is 5.52. The van der Waals surface area contributed by atoms with Gasteiger partial charge in [-0.05, 0) is 43.2 Å². The molecule has 2 nitrogen and oxygen atoms in total. The maximum Gasteiger partial charge on any atom is 0.00173 e. The summed E-state index contributed by atoms with van der Waals surface area (Å²) in [6.45, 7) is 9.86. The molecule has 0 bridgehead atoms. The van der Waals surface area contributed by atoms with E-state index < -0.39 is 0 Å². The monoisotopic (exact) mass is 184 g/mol. The first-order valence-corrected chi connectivity index (χ1v) is 5.52. The summed E-state index contributed by atoms with van der Waals surface area (Å²) in [6.07, 6.45) is 2.58. The van der Waals surface area contributed by atoms with E-state index in [0.29, 0.717) is 5.41 Å². The Bertz CT molecular complexity index is 152. The molecule has 1 aliphatic rings. The SMILES string of the molecule is CCC(C)(CN)CNCC1CC1C. The number of rotatable bonds is 6. The van der Waals surface area contributed by atoms with Gasteiger partial charge in [-0.1, -0.05) is 20.8 Å². The summed E-state index contributed by atoms with van der Waals surface area (Å²) < 4.78 is 0. The molecule has 0 aromatic rings. The van der Waals surface area contributed by atoms with E-state index in [1.165, 1.54) is 13.0 Å². The van der Waals surface area contributed by atoms with E-state index in [9.17, 15) is 0 Å². The Balaban J connectivity index is 2.09. The molecule has 1 aliphatic carbocycles. The standard InChI is InChI=1S/C11H24N2/c1-4-11(3,7-12)8-13-6-10-5-9(10)2/h9-10,13H,4-8,12H2,1-3H3. The molecule has 0 saturated heterocycles. The van der Waals surface area contributed by atoms with Crippen molar-refractivity contribution in [1.82, 2.24) is 5.32 Å². The third-order valence-electron chi connectivity index (χ3n) is 3.58. The minimum atomic E-state index is 0.304. The lowest BCUT2D eigenvalue weighted by Crippen LogP contribution is -2.38. The molecular formula is C11H24N2.